The number of nitro groups is 1. The van der Waals surface area contributed by atoms with E-state index < -0.39 is 16.6 Å². The van der Waals surface area contributed by atoms with Crippen molar-refractivity contribution < 1.29 is 10.0 Å². The number of aliphatic hydroxyl groups is 1. The molecule has 1 heterocycles. The number of nitrogens with one attached hydrogen (secondary N) is 1. The first-order valence-corrected chi connectivity index (χ1v) is 5.79. The maximum atomic E-state index is 10.9. The van der Waals surface area contributed by atoms with Gasteiger partial charge >= 0.3 is 5.69 Å². The van der Waals surface area contributed by atoms with Crippen LogP contribution in [0.15, 0.2) is 16.7 Å². The zero-order chi connectivity index (χ0) is 13.2. The van der Waals surface area contributed by atoms with Crippen LogP contribution in [0, 0.1) is 10.1 Å². The zero-order valence-corrected chi connectivity index (χ0v) is 11.4. The molecule has 7 heteroatoms. The molecule has 1 aromatic rings. The van der Waals surface area contributed by atoms with Gasteiger partial charge in [-0.2, -0.15) is 0 Å². The highest BCUT2D eigenvalue weighted by atomic mass is 79.9. The molecule has 1 unspecified atom stereocenters. The first-order valence-electron chi connectivity index (χ1n) is 5.00. The largest absolute Gasteiger partial charge is 0.391 e. The first-order chi connectivity index (χ1) is 7.74. The van der Waals surface area contributed by atoms with Crippen LogP contribution in [0.2, 0.25) is 0 Å². The molecule has 0 spiro atoms. The Morgan fingerprint density at radius 2 is 2.24 bits per heavy atom. The molecule has 0 amide bonds. The molecule has 0 aliphatic carbocycles. The molecular formula is C10H14BrN3O3. The van der Waals surface area contributed by atoms with Gasteiger partial charge in [0.25, 0.3) is 0 Å². The summed E-state index contributed by atoms with van der Waals surface area (Å²) in [5.41, 5.74) is -0.834. The topological polar surface area (TPSA) is 88.3 Å². The van der Waals surface area contributed by atoms with Crippen LogP contribution in [0.4, 0.5) is 11.5 Å². The van der Waals surface area contributed by atoms with Gasteiger partial charge < -0.3 is 10.4 Å². The Balaban J connectivity index is 3.11. The molecule has 0 aliphatic rings. The fraction of sp³-hybridized carbons (Fsp3) is 0.500. The summed E-state index contributed by atoms with van der Waals surface area (Å²) in [6.07, 6.45) is 0.792. The third-order valence-corrected chi connectivity index (χ3v) is 2.95. The van der Waals surface area contributed by atoms with Crippen molar-refractivity contribution in [1.82, 2.24) is 4.98 Å². The van der Waals surface area contributed by atoms with Crippen molar-refractivity contribution >= 4 is 27.4 Å². The number of nitrogens with zero attached hydrogens (tertiary/aromatic N) is 2. The van der Waals surface area contributed by atoms with Crippen LogP contribution in [-0.4, -0.2) is 26.7 Å². The Morgan fingerprint density at radius 1 is 1.65 bits per heavy atom. The predicted octanol–water partition coefficient (Wildman–Crippen LogP) is 2.32. The number of aromatic nitrogens is 1. The second kappa shape index (κ2) is 4.97. The molecule has 6 nitrogen and oxygen atoms in total. The van der Waals surface area contributed by atoms with E-state index in [-0.39, 0.29) is 11.5 Å². The average Bonchev–Trinajstić information content (AvgIpc) is 2.19. The summed E-state index contributed by atoms with van der Waals surface area (Å²) in [6.45, 7) is 5.09. The molecule has 0 saturated carbocycles. The molecule has 94 valence electrons. The van der Waals surface area contributed by atoms with Gasteiger partial charge in [-0.15, -0.1) is 0 Å². The highest BCUT2D eigenvalue weighted by Gasteiger charge is 2.28. The minimum atomic E-state index is -0.703. The lowest BCUT2D eigenvalue weighted by molar-refractivity contribution is -0.384. The van der Waals surface area contributed by atoms with E-state index in [0.29, 0.717) is 4.47 Å². The Bertz CT molecular complexity index is 435. The minimum Gasteiger partial charge on any atom is -0.391 e. The van der Waals surface area contributed by atoms with E-state index in [1.54, 1.807) is 20.8 Å². The molecule has 1 rings (SSSR count). The molecule has 1 aromatic heterocycles. The van der Waals surface area contributed by atoms with E-state index in [1.807, 2.05) is 0 Å². The van der Waals surface area contributed by atoms with E-state index in [9.17, 15) is 15.2 Å². The van der Waals surface area contributed by atoms with Gasteiger partial charge in [0.2, 0.25) is 5.82 Å². The summed E-state index contributed by atoms with van der Waals surface area (Å²) in [6, 6.07) is 1.37. The number of anilines is 1. The van der Waals surface area contributed by atoms with Crippen LogP contribution >= 0.6 is 15.9 Å². The van der Waals surface area contributed by atoms with Crippen molar-refractivity contribution in [1.29, 1.82) is 0 Å². The molecule has 0 radical (unpaired) electrons. The van der Waals surface area contributed by atoms with Gasteiger partial charge in [-0.1, -0.05) is 0 Å². The zero-order valence-electron chi connectivity index (χ0n) is 9.77. The summed E-state index contributed by atoms with van der Waals surface area (Å²) in [4.78, 5) is 14.3. The lowest BCUT2D eigenvalue weighted by atomic mass is 9.99. The van der Waals surface area contributed by atoms with Crippen LogP contribution in [0.1, 0.15) is 20.8 Å². The Hall–Kier alpha value is -1.21. The van der Waals surface area contributed by atoms with Crippen LogP contribution in [0.25, 0.3) is 0 Å². The minimum absolute atomic E-state index is 0.131. The maximum absolute atomic E-state index is 10.9. The van der Waals surface area contributed by atoms with Gasteiger partial charge in [0.15, 0.2) is 0 Å². The van der Waals surface area contributed by atoms with Crippen LogP contribution in [0.5, 0.6) is 0 Å². The molecule has 0 aliphatic heterocycles. The fourth-order valence-corrected chi connectivity index (χ4v) is 1.39. The van der Waals surface area contributed by atoms with E-state index in [4.69, 9.17) is 0 Å². The van der Waals surface area contributed by atoms with Crippen molar-refractivity contribution in [3.8, 4) is 0 Å². The van der Waals surface area contributed by atoms with Crippen LogP contribution < -0.4 is 5.32 Å². The number of hydrogen-bond donors (Lipinski definition) is 2. The second-order valence-electron chi connectivity index (χ2n) is 4.30. The van der Waals surface area contributed by atoms with Gasteiger partial charge in [0, 0.05) is 16.7 Å². The van der Waals surface area contributed by atoms with Crippen molar-refractivity contribution in [2.45, 2.75) is 32.4 Å². The third-order valence-electron chi connectivity index (χ3n) is 2.52. The standard InChI is InChI=1S/C10H14BrN3O3/c1-6(15)10(2,3)13-9-8(14(16)17)4-7(11)5-12-9/h4-6,15H,1-3H3,(H,12,13). The molecule has 1 atom stereocenters. The van der Waals surface area contributed by atoms with Gasteiger partial charge in [-0.25, -0.2) is 4.98 Å². The van der Waals surface area contributed by atoms with Gasteiger partial charge in [-0.05, 0) is 36.7 Å². The number of pyridine rings is 1. The summed E-state index contributed by atoms with van der Waals surface area (Å²) in [5, 5.41) is 23.3. The number of rotatable bonds is 4. The molecule has 17 heavy (non-hydrogen) atoms. The smallest absolute Gasteiger partial charge is 0.312 e. The van der Waals surface area contributed by atoms with E-state index in [0.717, 1.165) is 0 Å². The number of hydrogen-bond acceptors (Lipinski definition) is 5. The van der Waals surface area contributed by atoms with Crippen molar-refractivity contribution in [3.05, 3.63) is 26.9 Å². The molecule has 0 aromatic carbocycles. The quantitative estimate of drug-likeness (QED) is 0.658. The van der Waals surface area contributed by atoms with Gasteiger partial charge in [-0.3, -0.25) is 10.1 Å². The van der Waals surface area contributed by atoms with E-state index >= 15 is 0 Å². The molecule has 0 bridgehead atoms. The van der Waals surface area contributed by atoms with Gasteiger partial charge in [0.05, 0.1) is 16.6 Å². The second-order valence-corrected chi connectivity index (χ2v) is 5.22. The highest BCUT2D eigenvalue weighted by molar-refractivity contribution is 9.10. The van der Waals surface area contributed by atoms with E-state index in [1.165, 1.54) is 12.3 Å². The van der Waals surface area contributed by atoms with Crippen molar-refractivity contribution in [2.24, 2.45) is 0 Å². The number of aliphatic hydroxyl groups excluding tert-OH is 1. The van der Waals surface area contributed by atoms with Crippen molar-refractivity contribution in [3.63, 3.8) is 0 Å². The molecular weight excluding hydrogens is 290 g/mol. The highest BCUT2D eigenvalue weighted by Crippen LogP contribution is 2.28. The SMILES string of the molecule is CC(O)C(C)(C)Nc1ncc(Br)cc1[N+](=O)[O-]. The Labute approximate surface area is 107 Å². The molecule has 0 saturated heterocycles. The van der Waals surface area contributed by atoms with Crippen molar-refractivity contribution in [2.75, 3.05) is 5.32 Å². The number of halogens is 1. The van der Waals surface area contributed by atoms with Crippen LogP contribution in [0.3, 0.4) is 0 Å². The summed E-state index contributed by atoms with van der Waals surface area (Å²) >= 11 is 3.13. The van der Waals surface area contributed by atoms with Crippen LogP contribution in [-0.2, 0) is 0 Å². The Morgan fingerprint density at radius 3 is 2.71 bits per heavy atom. The molecule has 2 N–H and O–H groups in total. The predicted molar refractivity (Wildman–Crippen MR) is 68.0 cm³/mol. The lowest BCUT2D eigenvalue weighted by Gasteiger charge is -2.29. The van der Waals surface area contributed by atoms with Gasteiger partial charge in [0.1, 0.15) is 0 Å². The first kappa shape index (κ1) is 13.9. The normalized spacial score (nSPS) is 13.2. The fourth-order valence-electron chi connectivity index (χ4n) is 1.07. The summed E-state index contributed by atoms with van der Waals surface area (Å²) in [7, 11) is 0. The molecule has 0 fully saturated rings. The summed E-state index contributed by atoms with van der Waals surface area (Å²) < 4.78 is 0.532. The monoisotopic (exact) mass is 303 g/mol. The third kappa shape index (κ3) is 3.37. The lowest BCUT2D eigenvalue weighted by Crippen LogP contribution is -2.42. The Kier molecular flexibility index (Phi) is 4.05. The summed E-state index contributed by atoms with van der Waals surface area (Å²) in [5.74, 6) is 0.143. The maximum Gasteiger partial charge on any atom is 0.312 e. The van der Waals surface area contributed by atoms with E-state index in [2.05, 4.69) is 26.2 Å². The average molecular weight is 304 g/mol.